The molecule has 66 heavy (non-hydrogen) atoms. The van der Waals surface area contributed by atoms with E-state index in [1.165, 1.54) is 35.6 Å². The van der Waals surface area contributed by atoms with Gasteiger partial charge in [0.2, 0.25) is 15.9 Å². The van der Waals surface area contributed by atoms with E-state index < -0.39 is 62.9 Å². The fraction of sp³-hybridized carbons (Fsp3) is 0.511. The Labute approximate surface area is 391 Å². The van der Waals surface area contributed by atoms with Crippen LogP contribution < -0.4 is 10.0 Å². The molecule has 3 aromatic rings. The number of benzene rings is 2. The van der Waals surface area contributed by atoms with Crippen molar-refractivity contribution < 1.29 is 56.1 Å². The average molecular weight is 954 g/mol. The molecule has 0 aliphatic carbocycles. The number of esters is 1. The molecule has 2 N–H and O–H groups in total. The maximum Gasteiger partial charge on any atom is 0.436 e. The zero-order valence-corrected chi connectivity index (χ0v) is 41.3. The number of thiophene rings is 1. The monoisotopic (exact) mass is 953 g/mol. The first-order valence-corrected chi connectivity index (χ1v) is 24.3. The molecule has 4 rings (SSSR count). The van der Waals surface area contributed by atoms with Crippen LogP contribution in [0.4, 0.5) is 20.1 Å². The van der Waals surface area contributed by atoms with E-state index in [-0.39, 0.29) is 54.7 Å². The molecule has 17 nitrogen and oxygen atoms in total. The lowest BCUT2D eigenvalue weighted by Crippen LogP contribution is -2.50. The third kappa shape index (κ3) is 16.6. The number of fused-ring (bicyclic) bond motifs is 1. The van der Waals surface area contributed by atoms with Crippen LogP contribution in [0.25, 0.3) is 0 Å². The number of nitrogens with one attached hydrogen (secondary N) is 2. The molecule has 19 heteroatoms. The Kier molecular flexibility index (Phi) is 17.7. The topological polar surface area (TPSA) is 216 Å². The van der Waals surface area contributed by atoms with E-state index in [2.05, 4.69) is 15.0 Å². The van der Waals surface area contributed by atoms with E-state index in [4.69, 9.17) is 18.9 Å². The molecule has 1 aliphatic rings. The molecular weight excluding hydrogens is 891 g/mol. The highest BCUT2D eigenvalue weighted by Crippen LogP contribution is 2.30. The number of nitrogens with zero attached hydrogens (tertiary/aromatic N) is 3. The zero-order valence-electron chi connectivity index (χ0n) is 39.7. The van der Waals surface area contributed by atoms with E-state index in [9.17, 15) is 37.2 Å². The van der Waals surface area contributed by atoms with E-state index >= 15 is 0 Å². The quantitative estimate of drug-likeness (QED) is 0.0677. The summed E-state index contributed by atoms with van der Waals surface area (Å²) in [7, 11) is -3.56. The molecule has 0 spiro atoms. The summed E-state index contributed by atoms with van der Waals surface area (Å²) in [5.74, 6) is -1.87. The van der Waals surface area contributed by atoms with Gasteiger partial charge in [0.1, 0.15) is 22.8 Å². The largest absolute Gasteiger partial charge is 0.466 e. The molecule has 0 bridgehead atoms. The van der Waals surface area contributed by atoms with E-state index in [1.807, 2.05) is 13.0 Å². The number of unbranched alkanes of at least 4 members (excludes halogenated alkanes) is 1. The standard InChI is InChI=1S/C47H63N5O12S2/c1-12-14-25-66(59,60)50-34-21-15-30(16-22-34)26-36(41(55)51-24-23-37-33(29-51)27-35(65-37)28-38(53)61-13-2)48-40(54)32-19-17-31(18-20-32)39(49-42(56)62-45(3,4)5)52(43(57)63-46(6,7)8)44(58)64-47(9,10)11/h15-22,27,36,50H,12-14,23-26,28-29H2,1-11H3,(H,48,54)/t36-/m0/s1. The van der Waals surface area contributed by atoms with Crippen molar-refractivity contribution in [3.8, 4) is 0 Å². The van der Waals surface area contributed by atoms with Gasteiger partial charge in [0.15, 0.2) is 5.84 Å². The number of hydrogen-bond donors (Lipinski definition) is 2. The van der Waals surface area contributed by atoms with Crippen LogP contribution >= 0.6 is 11.3 Å². The number of rotatable bonds is 14. The number of amidine groups is 1. The van der Waals surface area contributed by atoms with Crippen molar-refractivity contribution in [3.63, 3.8) is 0 Å². The Morgan fingerprint density at radius 1 is 0.818 bits per heavy atom. The maximum atomic E-state index is 14.4. The van der Waals surface area contributed by atoms with Crippen LogP contribution in [0.5, 0.6) is 0 Å². The SMILES string of the molecule is CCCCS(=O)(=O)Nc1ccc(C[C@H](NC(=O)c2ccc(C(=NC(=O)OC(C)(C)C)N(C(=O)OC(C)(C)C)C(=O)OC(C)(C)C)cc2)C(=O)N2CCc3sc(CC(=O)OCC)cc3C2)cc1. The molecule has 2 aromatic carbocycles. The highest BCUT2D eigenvalue weighted by atomic mass is 32.2. The minimum absolute atomic E-state index is 0.0234. The number of amides is 5. The van der Waals surface area contributed by atoms with Crippen LogP contribution in [0, 0.1) is 0 Å². The van der Waals surface area contributed by atoms with Crippen molar-refractivity contribution in [2.24, 2.45) is 4.99 Å². The second-order valence-corrected chi connectivity index (χ2v) is 21.7. The summed E-state index contributed by atoms with van der Waals surface area (Å²) in [6.45, 7) is 18.9. The van der Waals surface area contributed by atoms with Gasteiger partial charge in [0.25, 0.3) is 5.91 Å². The molecule has 0 fully saturated rings. The van der Waals surface area contributed by atoms with Gasteiger partial charge < -0.3 is 29.2 Å². The number of sulfonamides is 1. The molecule has 0 saturated heterocycles. The van der Waals surface area contributed by atoms with Crippen LogP contribution in [0.15, 0.2) is 59.6 Å². The third-order valence-corrected chi connectivity index (χ3v) is 11.9. The molecule has 5 amide bonds. The number of anilines is 1. The third-order valence-electron chi connectivity index (χ3n) is 9.25. The van der Waals surface area contributed by atoms with Crippen molar-refractivity contribution in [1.82, 2.24) is 15.1 Å². The lowest BCUT2D eigenvalue weighted by Gasteiger charge is -2.31. The molecule has 2 heterocycles. The molecule has 1 aliphatic heterocycles. The van der Waals surface area contributed by atoms with E-state index in [0.717, 1.165) is 21.7 Å². The zero-order chi connectivity index (χ0) is 49.2. The second kappa shape index (κ2) is 22.1. The minimum Gasteiger partial charge on any atom is -0.466 e. The van der Waals surface area contributed by atoms with Gasteiger partial charge in [0, 0.05) is 46.1 Å². The molecular formula is C47H63N5O12S2. The summed E-state index contributed by atoms with van der Waals surface area (Å²) < 4.78 is 49.3. The number of ether oxygens (including phenoxy) is 4. The highest BCUT2D eigenvalue weighted by molar-refractivity contribution is 7.92. The fourth-order valence-electron chi connectivity index (χ4n) is 6.44. The van der Waals surface area contributed by atoms with Crippen LogP contribution in [0.3, 0.4) is 0 Å². The number of carbonyl (C=O) groups excluding carboxylic acids is 6. The van der Waals surface area contributed by atoms with E-state index in [0.29, 0.717) is 35.5 Å². The van der Waals surface area contributed by atoms with Gasteiger partial charge in [-0.25, -0.2) is 22.8 Å². The highest BCUT2D eigenvalue weighted by Gasteiger charge is 2.37. The lowest BCUT2D eigenvalue weighted by molar-refractivity contribution is -0.142. The molecule has 360 valence electrons. The normalized spacial score (nSPS) is 13.7. The predicted octanol–water partition coefficient (Wildman–Crippen LogP) is 8.18. The van der Waals surface area contributed by atoms with Gasteiger partial charge in [-0.2, -0.15) is 9.89 Å². The summed E-state index contributed by atoms with van der Waals surface area (Å²) in [5, 5.41) is 2.88. The average Bonchev–Trinajstić information content (AvgIpc) is 3.59. The van der Waals surface area contributed by atoms with Gasteiger partial charge in [-0.15, -0.1) is 11.3 Å². The van der Waals surface area contributed by atoms with Gasteiger partial charge in [-0.3, -0.25) is 19.1 Å². The van der Waals surface area contributed by atoms with Crippen LogP contribution in [0.1, 0.15) is 126 Å². The van der Waals surface area contributed by atoms with Gasteiger partial charge in [-0.1, -0.05) is 37.6 Å². The number of hydrogen-bond acceptors (Lipinski definition) is 13. The summed E-state index contributed by atoms with van der Waals surface area (Å²) in [5.41, 5.74) is -1.15. The minimum atomic E-state index is -3.56. The Morgan fingerprint density at radius 2 is 1.39 bits per heavy atom. The van der Waals surface area contributed by atoms with Crippen LogP contribution in [-0.4, -0.2) is 102 Å². The second-order valence-electron chi connectivity index (χ2n) is 18.6. The summed E-state index contributed by atoms with van der Waals surface area (Å²) in [6.07, 6.45) is -1.57. The first-order valence-electron chi connectivity index (χ1n) is 21.8. The van der Waals surface area contributed by atoms with Crippen molar-refractivity contribution in [3.05, 3.63) is 86.6 Å². The fourth-order valence-corrected chi connectivity index (χ4v) is 8.87. The van der Waals surface area contributed by atoms with Gasteiger partial charge in [-0.05, 0) is 124 Å². The summed E-state index contributed by atoms with van der Waals surface area (Å²) in [6, 6.07) is 12.9. The Hall–Kier alpha value is -5.82. The molecule has 1 aromatic heterocycles. The molecule has 1 atom stereocenters. The van der Waals surface area contributed by atoms with Crippen molar-refractivity contribution in [2.45, 2.75) is 138 Å². The Bertz CT molecular complexity index is 2350. The summed E-state index contributed by atoms with van der Waals surface area (Å²) in [4.78, 5) is 89.3. The van der Waals surface area contributed by atoms with Crippen molar-refractivity contribution in [1.29, 1.82) is 0 Å². The first-order chi connectivity index (χ1) is 30.7. The number of imide groups is 1. The van der Waals surface area contributed by atoms with Gasteiger partial charge in [0.05, 0.1) is 18.8 Å². The summed E-state index contributed by atoms with van der Waals surface area (Å²) >= 11 is 1.50. The Balaban J connectivity index is 1.69. The predicted molar refractivity (Wildman–Crippen MR) is 251 cm³/mol. The van der Waals surface area contributed by atoms with Crippen molar-refractivity contribution >= 4 is 68.9 Å². The van der Waals surface area contributed by atoms with Crippen LogP contribution in [0.2, 0.25) is 0 Å². The maximum absolute atomic E-state index is 14.4. The number of carbonyl (C=O) groups is 6. The smallest absolute Gasteiger partial charge is 0.436 e. The molecule has 0 radical (unpaired) electrons. The lowest BCUT2D eigenvalue weighted by atomic mass is 10.0. The first kappa shape index (κ1) is 52.8. The van der Waals surface area contributed by atoms with Crippen molar-refractivity contribution in [2.75, 3.05) is 23.6 Å². The van der Waals surface area contributed by atoms with Crippen LogP contribution in [-0.2, 0) is 64.4 Å². The van der Waals surface area contributed by atoms with E-state index in [1.54, 1.807) is 98.4 Å². The van der Waals surface area contributed by atoms with Gasteiger partial charge >= 0.3 is 24.2 Å². The number of aliphatic imine (C=N–C) groups is 1. The molecule has 0 unspecified atom stereocenters. The molecule has 0 saturated carbocycles. The Morgan fingerprint density at radius 3 is 1.94 bits per heavy atom.